The number of alkyl halides is 1. The molecule has 4 atom stereocenters. The van der Waals surface area contributed by atoms with Gasteiger partial charge in [0.1, 0.15) is 12.2 Å². The first kappa shape index (κ1) is 19.6. The molecule has 0 fully saturated rings. The maximum atomic E-state index is 11.5. The van der Waals surface area contributed by atoms with Crippen LogP contribution in [0.4, 0.5) is 0 Å². The Balaban J connectivity index is 3.07. The Morgan fingerprint density at radius 1 is 1.32 bits per heavy atom. The number of esters is 1. The van der Waals surface area contributed by atoms with Crippen LogP contribution in [0.3, 0.4) is 0 Å². The molecule has 1 aliphatic rings. The van der Waals surface area contributed by atoms with E-state index in [4.69, 9.17) is 9.47 Å². The van der Waals surface area contributed by atoms with Crippen LogP contribution < -0.4 is 5.32 Å². The second-order valence-corrected chi connectivity index (χ2v) is 7.20. The van der Waals surface area contributed by atoms with Crippen LogP contribution in [0, 0.1) is 0 Å². The van der Waals surface area contributed by atoms with Gasteiger partial charge in [0.05, 0.1) is 17.0 Å². The molecule has 1 rings (SSSR count). The van der Waals surface area contributed by atoms with Gasteiger partial charge in [0.15, 0.2) is 0 Å². The fraction of sp³-hybridized carbons (Fsp3) is 0.733. The van der Waals surface area contributed by atoms with E-state index in [9.17, 15) is 9.59 Å². The molecule has 1 N–H and O–H groups in total. The van der Waals surface area contributed by atoms with Gasteiger partial charge in [-0.05, 0) is 18.9 Å². The van der Waals surface area contributed by atoms with Crippen LogP contribution in [0.15, 0.2) is 10.6 Å². The second kappa shape index (κ2) is 9.03. The topological polar surface area (TPSA) is 64.6 Å². The number of nitrogens with one attached hydrogen (secondary N) is 1. The van der Waals surface area contributed by atoms with Gasteiger partial charge < -0.3 is 14.8 Å². The van der Waals surface area contributed by atoms with Crippen molar-refractivity contribution in [2.75, 3.05) is 0 Å². The molecule has 0 aromatic carbocycles. The molecule has 0 radical (unpaired) electrons. The number of hydrogen-bond donors (Lipinski definition) is 1. The molecular weight excluding hydrogens is 418 g/mol. The molecule has 1 amide bonds. The number of rotatable bonds is 6. The minimum Gasteiger partial charge on any atom is -0.459 e. The van der Waals surface area contributed by atoms with Crippen LogP contribution in [0.25, 0.3) is 0 Å². The fourth-order valence-electron chi connectivity index (χ4n) is 2.43. The number of ether oxygens (including phenoxy) is 2. The predicted octanol–water partition coefficient (Wildman–Crippen LogP) is 3.05. The van der Waals surface area contributed by atoms with Gasteiger partial charge in [0.2, 0.25) is 5.91 Å². The summed E-state index contributed by atoms with van der Waals surface area (Å²) < 4.78 is 12.4. The molecule has 0 saturated heterocycles. The Kier molecular flexibility index (Phi) is 8.07. The largest absolute Gasteiger partial charge is 0.459 e. The Morgan fingerprint density at radius 2 is 1.91 bits per heavy atom. The van der Waals surface area contributed by atoms with E-state index in [1.807, 2.05) is 6.08 Å². The van der Waals surface area contributed by atoms with E-state index in [0.717, 1.165) is 17.3 Å². The van der Waals surface area contributed by atoms with Crippen molar-refractivity contribution >= 4 is 43.7 Å². The summed E-state index contributed by atoms with van der Waals surface area (Å²) in [5, 5.41) is 2.86. The van der Waals surface area contributed by atoms with Crippen LogP contribution >= 0.6 is 31.9 Å². The molecule has 0 heterocycles. The number of halogens is 2. The van der Waals surface area contributed by atoms with Gasteiger partial charge in [-0.1, -0.05) is 45.7 Å². The van der Waals surface area contributed by atoms with Gasteiger partial charge in [0.25, 0.3) is 0 Å². The highest BCUT2D eigenvalue weighted by atomic mass is 79.9. The lowest BCUT2D eigenvalue weighted by molar-refractivity contribution is -0.151. The summed E-state index contributed by atoms with van der Waals surface area (Å²) in [5.74, 6) is -0.584. The zero-order valence-electron chi connectivity index (χ0n) is 13.3. The van der Waals surface area contributed by atoms with Crippen molar-refractivity contribution in [3.8, 4) is 0 Å². The van der Waals surface area contributed by atoms with Crippen LogP contribution in [0.1, 0.15) is 40.5 Å². The Bertz CT molecular complexity index is 437. The maximum Gasteiger partial charge on any atom is 0.303 e. The summed E-state index contributed by atoms with van der Waals surface area (Å²) in [6, 6.07) is -0.437. The van der Waals surface area contributed by atoms with Gasteiger partial charge >= 0.3 is 5.97 Å². The van der Waals surface area contributed by atoms with Crippen molar-refractivity contribution in [2.45, 2.75) is 69.7 Å². The first-order chi connectivity index (χ1) is 10.3. The summed E-state index contributed by atoms with van der Waals surface area (Å²) in [6.07, 6.45) is 2.85. The molecule has 0 aliphatic heterocycles. The van der Waals surface area contributed by atoms with Crippen molar-refractivity contribution in [1.82, 2.24) is 5.32 Å². The molecule has 0 bridgehead atoms. The number of carbonyl (C=O) groups excluding carboxylic acids is 2. The normalized spacial score (nSPS) is 28.2. The third-order valence-corrected chi connectivity index (χ3v) is 5.90. The molecule has 1 aliphatic carbocycles. The highest BCUT2D eigenvalue weighted by Gasteiger charge is 2.42. The van der Waals surface area contributed by atoms with E-state index in [0.29, 0.717) is 0 Å². The van der Waals surface area contributed by atoms with E-state index in [1.165, 1.54) is 13.8 Å². The van der Waals surface area contributed by atoms with E-state index >= 15 is 0 Å². The van der Waals surface area contributed by atoms with Gasteiger partial charge in [-0.25, -0.2) is 0 Å². The van der Waals surface area contributed by atoms with Gasteiger partial charge in [0, 0.05) is 18.3 Å². The van der Waals surface area contributed by atoms with Crippen molar-refractivity contribution in [2.24, 2.45) is 0 Å². The molecule has 126 valence electrons. The average molecular weight is 441 g/mol. The van der Waals surface area contributed by atoms with Gasteiger partial charge in [-0.15, -0.1) is 0 Å². The van der Waals surface area contributed by atoms with Crippen LogP contribution in [-0.4, -0.2) is 41.1 Å². The highest BCUT2D eigenvalue weighted by Crippen LogP contribution is 2.34. The summed E-state index contributed by atoms with van der Waals surface area (Å²) in [7, 11) is 0. The quantitative estimate of drug-likeness (QED) is 0.509. The number of hydrogen-bond acceptors (Lipinski definition) is 4. The molecule has 0 saturated carbocycles. The second-order valence-electron chi connectivity index (χ2n) is 5.29. The molecule has 0 aromatic rings. The molecule has 0 spiro atoms. The van der Waals surface area contributed by atoms with E-state index in [-0.39, 0.29) is 22.9 Å². The molecule has 22 heavy (non-hydrogen) atoms. The minimum atomic E-state index is -0.542. The smallest absolute Gasteiger partial charge is 0.303 e. The first-order valence-electron chi connectivity index (χ1n) is 7.41. The standard InChI is InChI=1S/C15H23Br2NO4/c1-5-10(6-2)22-12-7-11(16)13(17)15(21-9(4)20)14(12)18-8(3)19/h7,10,12-15H,5-6H2,1-4H3,(H,18,19). The van der Waals surface area contributed by atoms with E-state index in [2.05, 4.69) is 51.0 Å². The maximum absolute atomic E-state index is 11.5. The van der Waals surface area contributed by atoms with E-state index in [1.54, 1.807) is 0 Å². The van der Waals surface area contributed by atoms with Gasteiger partial charge in [-0.3, -0.25) is 9.59 Å². The lowest BCUT2D eigenvalue weighted by Gasteiger charge is -2.39. The lowest BCUT2D eigenvalue weighted by Crippen LogP contribution is -2.57. The zero-order valence-corrected chi connectivity index (χ0v) is 16.4. The predicted molar refractivity (Wildman–Crippen MR) is 92.1 cm³/mol. The van der Waals surface area contributed by atoms with Crippen LogP contribution in [0.5, 0.6) is 0 Å². The molecular formula is C15H23Br2NO4. The van der Waals surface area contributed by atoms with Crippen molar-refractivity contribution in [1.29, 1.82) is 0 Å². The minimum absolute atomic E-state index is 0.0858. The summed E-state index contributed by atoms with van der Waals surface area (Å²) in [4.78, 5) is 22.7. The van der Waals surface area contributed by atoms with E-state index < -0.39 is 18.1 Å². The molecule has 0 aromatic heterocycles. The molecule has 7 heteroatoms. The highest BCUT2D eigenvalue weighted by molar-refractivity contribution is 9.14. The van der Waals surface area contributed by atoms with Crippen molar-refractivity contribution in [3.05, 3.63) is 10.6 Å². The summed E-state index contributed by atoms with van der Waals surface area (Å²) in [5.41, 5.74) is 0. The van der Waals surface area contributed by atoms with Crippen LogP contribution in [0.2, 0.25) is 0 Å². The lowest BCUT2D eigenvalue weighted by atomic mass is 9.94. The van der Waals surface area contributed by atoms with Crippen molar-refractivity contribution < 1.29 is 19.1 Å². The van der Waals surface area contributed by atoms with Crippen molar-refractivity contribution in [3.63, 3.8) is 0 Å². The fourth-order valence-corrected chi connectivity index (χ4v) is 3.54. The third kappa shape index (κ3) is 5.35. The average Bonchev–Trinajstić information content (AvgIpc) is 2.44. The summed E-state index contributed by atoms with van der Waals surface area (Å²) >= 11 is 6.99. The van der Waals surface area contributed by atoms with Gasteiger partial charge in [-0.2, -0.15) is 0 Å². The Hall–Kier alpha value is -0.400. The Labute approximate surface area is 148 Å². The molecule has 5 nitrogen and oxygen atoms in total. The molecule has 4 unspecified atom stereocenters. The zero-order chi connectivity index (χ0) is 16.9. The monoisotopic (exact) mass is 439 g/mol. The number of amides is 1. The number of carbonyl (C=O) groups is 2. The third-order valence-electron chi connectivity index (χ3n) is 3.52. The van der Waals surface area contributed by atoms with Crippen LogP contribution in [-0.2, 0) is 19.1 Å². The SMILES string of the molecule is CCC(CC)OC1C=C(Br)C(Br)C(OC(C)=O)C1NC(C)=O. The summed E-state index contributed by atoms with van der Waals surface area (Å²) in [6.45, 7) is 6.91. The first-order valence-corrected chi connectivity index (χ1v) is 9.12. The Morgan fingerprint density at radius 3 is 2.36 bits per heavy atom.